The van der Waals surface area contributed by atoms with Crippen molar-refractivity contribution in [2.24, 2.45) is 0 Å². The maximum atomic E-state index is 10.9. The number of carbonyl (C=O) groups is 1. The largest absolute Gasteiger partial charge is 0.458 e. The summed E-state index contributed by atoms with van der Waals surface area (Å²) >= 11 is 0. The first-order chi connectivity index (χ1) is 8.65. The normalized spacial score (nSPS) is 11.6. The van der Waals surface area contributed by atoms with Gasteiger partial charge in [0.05, 0.1) is 6.61 Å². The molecule has 96 valence electrons. The Labute approximate surface area is 106 Å². The van der Waals surface area contributed by atoms with E-state index in [1.807, 2.05) is 24.3 Å². The Morgan fingerprint density at radius 1 is 1.33 bits per heavy atom. The van der Waals surface area contributed by atoms with E-state index in [2.05, 4.69) is 13.2 Å². The fourth-order valence-electron chi connectivity index (χ4n) is 1.27. The van der Waals surface area contributed by atoms with Gasteiger partial charge in [-0.3, -0.25) is 0 Å². The molecule has 0 amide bonds. The van der Waals surface area contributed by atoms with Gasteiger partial charge in [0, 0.05) is 6.08 Å². The molecule has 0 spiro atoms. The van der Waals surface area contributed by atoms with Crippen molar-refractivity contribution in [3.63, 3.8) is 0 Å². The molecule has 1 aromatic carbocycles. The van der Waals surface area contributed by atoms with Crippen molar-refractivity contribution in [2.45, 2.75) is 19.5 Å². The fourth-order valence-corrected chi connectivity index (χ4v) is 1.27. The van der Waals surface area contributed by atoms with Crippen LogP contribution in [0, 0.1) is 0 Å². The lowest BCUT2D eigenvalue weighted by Crippen LogP contribution is -2.07. The highest BCUT2D eigenvalue weighted by Crippen LogP contribution is 2.09. The number of aliphatic hydroxyl groups is 1. The Morgan fingerprint density at radius 3 is 2.61 bits per heavy atom. The van der Waals surface area contributed by atoms with Gasteiger partial charge < -0.3 is 14.6 Å². The van der Waals surface area contributed by atoms with Crippen LogP contribution in [-0.4, -0.2) is 17.4 Å². The molecule has 0 aliphatic carbocycles. The Hall–Kier alpha value is -1.91. The van der Waals surface area contributed by atoms with Gasteiger partial charge >= 0.3 is 5.97 Å². The number of aliphatic hydroxyl groups excluding tert-OH is 1. The Bertz CT molecular complexity index is 426. The van der Waals surface area contributed by atoms with Gasteiger partial charge in [-0.25, -0.2) is 4.79 Å². The van der Waals surface area contributed by atoms with Crippen LogP contribution in [0.15, 0.2) is 49.6 Å². The van der Waals surface area contributed by atoms with Crippen molar-refractivity contribution in [3.8, 4) is 0 Å². The van der Waals surface area contributed by atoms with Crippen LogP contribution in [0.1, 0.15) is 11.1 Å². The van der Waals surface area contributed by atoms with Gasteiger partial charge in [0.25, 0.3) is 0 Å². The van der Waals surface area contributed by atoms with E-state index >= 15 is 0 Å². The molecule has 0 fully saturated rings. The predicted molar refractivity (Wildman–Crippen MR) is 67.4 cm³/mol. The molecule has 0 bridgehead atoms. The highest BCUT2D eigenvalue weighted by atomic mass is 16.6. The van der Waals surface area contributed by atoms with E-state index in [1.165, 1.54) is 6.08 Å². The van der Waals surface area contributed by atoms with Crippen LogP contribution in [-0.2, 0) is 27.5 Å². The summed E-state index contributed by atoms with van der Waals surface area (Å²) in [5.41, 5.74) is 1.72. The third-order valence-corrected chi connectivity index (χ3v) is 2.16. The molecule has 0 heterocycles. The van der Waals surface area contributed by atoms with E-state index in [9.17, 15) is 9.90 Å². The molecule has 1 unspecified atom stereocenters. The highest BCUT2D eigenvalue weighted by Gasteiger charge is 2.02. The van der Waals surface area contributed by atoms with Gasteiger partial charge in [-0.2, -0.15) is 0 Å². The first-order valence-electron chi connectivity index (χ1n) is 5.45. The van der Waals surface area contributed by atoms with Crippen LogP contribution in [0.25, 0.3) is 0 Å². The first kappa shape index (κ1) is 14.2. The topological polar surface area (TPSA) is 55.8 Å². The first-order valence-corrected chi connectivity index (χ1v) is 5.45. The number of benzene rings is 1. The van der Waals surface area contributed by atoms with E-state index in [1.54, 1.807) is 0 Å². The van der Waals surface area contributed by atoms with Crippen LogP contribution >= 0.6 is 0 Å². The van der Waals surface area contributed by atoms with Crippen molar-refractivity contribution in [1.82, 2.24) is 0 Å². The summed E-state index contributed by atoms with van der Waals surface area (Å²) < 4.78 is 10.0. The quantitative estimate of drug-likeness (QED) is 0.347. The van der Waals surface area contributed by atoms with Crippen LogP contribution in [0.5, 0.6) is 0 Å². The van der Waals surface area contributed by atoms with Gasteiger partial charge in [0.15, 0.2) is 6.29 Å². The zero-order valence-corrected chi connectivity index (χ0v) is 10.0. The average molecular weight is 248 g/mol. The summed E-state index contributed by atoms with van der Waals surface area (Å²) in [4.78, 5) is 10.9. The Balaban J connectivity index is 2.53. The zero-order valence-electron chi connectivity index (χ0n) is 10.0. The highest BCUT2D eigenvalue weighted by molar-refractivity contribution is 5.81. The second kappa shape index (κ2) is 7.42. The number of rotatable bonds is 7. The fraction of sp³-hybridized carbons (Fsp3) is 0.214. The lowest BCUT2D eigenvalue weighted by molar-refractivity contribution is -0.138. The molecule has 0 radical (unpaired) electrons. The summed E-state index contributed by atoms with van der Waals surface area (Å²) in [6.45, 7) is 7.17. The van der Waals surface area contributed by atoms with Crippen LogP contribution in [0.3, 0.4) is 0 Å². The second-order valence-corrected chi connectivity index (χ2v) is 3.57. The van der Waals surface area contributed by atoms with Crippen LogP contribution in [0.2, 0.25) is 0 Å². The minimum atomic E-state index is -0.979. The summed E-state index contributed by atoms with van der Waals surface area (Å²) in [5.74, 6) is -0.460. The van der Waals surface area contributed by atoms with Crippen molar-refractivity contribution < 1.29 is 19.4 Å². The van der Waals surface area contributed by atoms with Crippen LogP contribution < -0.4 is 0 Å². The minimum Gasteiger partial charge on any atom is -0.458 e. The van der Waals surface area contributed by atoms with Gasteiger partial charge in [0.2, 0.25) is 0 Å². The molecule has 0 aromatic heterocycles. The predicted octanol–water partition coefficient (Wildman–Crippen LogP) is 1.94. The van der Waals surface area contributed by atoms with E-state index in [4.69, 9.17) is 9.47 Å². The van der Waals surface area contributed by atoms with Crippen molar-refractivity contribution >= 4 is 5.97 Å². The maximum Gasteiger partial charge on any atom is 0.330 e. The van der Waals surface area contributed by atoms with Crippen molar-refractivity contribution in [3.05, 3.63) is 60.7 Å². The molecule has 1 N–H and O–H groups in total. The number of carbonyl (C=O) groups excluding carboxylic acids is 1. The summed E-state index contributed by atoms with van der Waals surface area (Å²) in [6.07, 6.45) is 1.44. The monoisotopic (exact) mass is 248 g/mol. The third kappa shape index (κ3) is 4.95. The Kier molecular flexibility index (Phi) is 5.84. The van der Waals surface area contributed by atoms with Gasteiger partial charge in [-0.15, -0.1) is 0 Å². The van der Waals surface area contributed by atoms with Gasteiger partial charge in [-0.1, -0.05) is 37.4 Å². The Morgan fingerprint density at radius 2 is 2.00 bits per heavy atom. The third-order valence-electron chi connectivity index (χ3n) is 2.16. The van der Waals surface area contributed by atoms with Crippen molar-refractivity contribution in [1.29, 1.82) is 0 Å². The van der Waals surface area contributed by atoms with Gasteiger partial charge in [-0.05, 0) is 17.2 Å². The molecule has 4 heteroatoms. The standard InChI is InChI=1S/C14H16O4/c1-3-13(15)17-9-11-6-5-7-12(8-11)10-18-14(16)4-2/h3-8,13,15H,1-2,9-10H2. The van der Waals surface area contributed by atoms with E-state index in [-0.39, 0.29) is 13.2 Å². The molecule has 0 aliphatic rings. The molecule has 1 atom stereocenters. The van der Waals surface area contributed by atoms with E-state index in [0.717, 1.165) is 17.2 Å². The smallest absolute Gasteiger partial charge is 0.330 e. The van der Waals surface area contributed by atoms with E-state index in [0.29, 0.717) is 0 Å². The number of esters is 1. The molecule has 18 heavy (non-hydrogen) atoms. The molecule has 1 rings (SSSR count). The summed E-state index contributed by atoms with van der Waals surface area (Å²) in [5, 5.41) is 9.18. The zero-order chi connectivity index (χ0) is 13.4. The molecule has 0 saturated carbocycles. The molecule has 4 nitrogen and oxygen atoms in total. The number of ether oxygens (including phenoxy) is 2. The van der Waals surface area contributed by atoms with Crippen LogP contribution in [0.4, 0.5) is 0 Å². The second-order valence-electron chi connectivity index (χ2n) is 3.57. The minimum absolute atomic E-state index is 0.183. The van der Waals surface area contributed by atoms with Gasteiger partial charge in [0.1, 0.15) is 6.61 Å². The molecule has 0 aliphatic heterocycles. The van der Waals surface area contributed by atoms with E-state index < -0.39 is 12.3 Å². The molecule has 0 saturated heterocycles. The number of hydrogen-bond donors (Lipinski definition) is 1. The molecular weight excluding hydrogens is 232 g/mol. The number of hydrogen-bond acceptors (Lipinski definition) is 4. The average Bonchev–Trinajstić information content (AvgIpc) is 2.42. The van der Waals surface area contributed by atoms with Crippen molar-refractivity contribution in [2.75, 3.05) is 0 Å². The molecular formula is C14H16O4. The lowest BCUT2D eigenvalue weighted by atomic mass is 10.1. The maximum absolute atomic E-state index is 10.9. The lowest BCUT2D eigenvalue weighted by Gasteiger charge is -2.09. The summed E-state index contributed by atoms with van der Waals surface area (Å²) in [7, 11) is 0. The molecule has 1 aromatic rings. The summed E-state index contributed by atoms with van der Waals surface area (Å²) in [6, 6.07) is 7.36. The SMILES string of the molecule is C=CC(=O)OCc1cccc(COC(O)C=C)c1.